The number of hydrogen-bond donors (Lipinski definition) is 2. The molecule has 1 rings (SSSR count). The zero-order chi connectivity index (χ0) is 43.9. The first kappa shape index (κ1) is 54.2. The molecule has 12 nitrogen and oxygen atoms in total. The third-order valence-corrected chi connectivity index (χ3v) is 10.7. The van der Waals surface area contributed by atoms with E-state index < -0.39 is 44.7 Å². The standard InChI is InChI=1S/C46H78NO11P/c1-8-10-20-27-40(48)28-21-16-12-11-13-17-22-29-41(49)30-25-33-45(50)54-36-42(37-56-59(52,53)55-35-34-47(5,6)7)57-46(51)32-24-19-15-14-18-23-31-44-39(4)38(3)43(58-44)26-9-2/h12-13,16-17,21-22,28-29,40-42,48-49H,8-11,14-15,18-20,23-27,30-37H2,1-7H3/b16-12-,17-13-,28-21+,29-22+/t40-,41-,42+/m0/s1. The van der Waals surface area contributed by atoms with Crippen LogP contribution in [0, 0.1) is 13.8 Å². The molecule has 1 heterocycles. The second-order valence-corrected chi connectivity index (χ2v) is 17.8. The predicted molar refractivity (Wildman–Crippen MR) is 233 cm³/mol. The molecule has 59 heavy (non-hydrogen) atoms. The summed E-state index contributed by atoms with van der Waals surface area (Å²) in [4.78, 5) is 37.7. The largest absolute Gasteiger partial charge is 0.756 e. The van der Waals surface area contributed by atoms with E-state index in [2.05, 4.69) is 27.7 Å². The van der Waals surface area contributed by atoms with Crippen molar-refractivity contribution in [3.8, 4) is 0 Å². The highest BCUT2D eigenvalue weighted by Crippen LogP contribution is 2.38. The Morgan fingerprint density at radius 3 is 1.92 bits per heavy atom. The third-order valence-electron chi connectivity index (χ3n) is 9.73. The van der Waals surface area contributed by atoms with Gasteiger partial charge in [-0.3, -0.25) is 14.2 Å². The minimum absolute atomic E-state index is 0.0166. The number of carbonyl (C=O) groups is 2. The van der Waals surface area contributed by atoms with Crippen molar-refractivity contribution in [2.75, 3.05) is 47.5 Å². The van der Waals surface area contributed by atoms with Crippen LogP contribution in [0.1, 0.15) is 139 Å². The number of likely N-dealkylation sites (N-methyl/N-ethyl adjacent to an activating group) is 1. The van der Waals surface area contributed by atoms with Gasteiger partial charge < -0.3 is 42.5 Å². The van der Waals surface area contributed by atoms with E-state index in [9.17, 15) is 29.3 Å². The molecule has 0 saturated heterocycles. The Morgan fingerprint density at radius 1 is 0.729 bits per heavy atom. The maximum atomic E-state index is 12.7. The third kappa shape index (κ3) is 29.1. The highest BCUT2D eigenvalue weighted by molar-refractivity contribution is 7.45. The molecule has 0 aromatic carbocycles. The van der Waals surface area contributed by atoms with Crippen LogP contribution >= 0.6 is 7.82 Å². The Bertz CT molecular complexity index is 1460. The number of ether oxygens (including phenoxy) is 2. The first-order valence-corrected chi connectivity index (χ1v) is 23.4. The number of quaternary nitrogens is 1. The van der Waals surface area contributed by atoms with E-state index in [-0.39, 0.29) is 26.1 Å². The summed E-state index contributed by atoms with van der Waals surface area (Å²) in [6.07, 6.45) is 26.5. The average Bonchev–Trinajstić information content (AvgIpc) is 3.43. The molecular weight excluding hydrogens is 773 g/mol. The van der Waals surface area contributed by atoms with Crippen molar-refractivity contribution in [3.63, 3.8) is 0 Å². The molecule has 0 aliphatic carbocycles. The van der Waals surface area contributed by atoms with Gasteiger partial charge in [0.05, 0.1) is 40.0 Å². The maximum absolute atomic E-state index is 12.7. The minimum atomic E-state index is -4.70. The van der Waals surface area contributed by atoms with Crippen molar-refractivity contribution in [1.29, 1.82) is 0 Å². The number of carbonyl (C=O) groups excluding carboxylic acids is 2. The van der Waals surface area contributed by atoms with Crippen LogP contribution in [0.5, 0.6) is 0 Å². The van der Waals surface area contributed by atoms with E-state index >= 15 is 0 Å². The van der Waals surface area contributed by atoms with Crippen LogP contribution in [0.2, 0.25) is 0 Å². The van der Waals surface area contributed by atoms with Gasteiger partial charge in [-0.15, -0.1) is 0 Å². The number of aryl methyl sites for hydroxylation is 2. The fraction of sp³-hybridized carbons (Fsp3) is 0.696. The minimum Gasteiger partial charge on any atom is -0.756 e. The first-order chi connectivity index (χ1) is 28.1. The summed E-state index contributed by atoms with van der Waals surface area (Å²) in [6.45, 7) is 7.97. The molecule has 13 heteroatoms. The van der Waals surface area contributed by atoms with Crippen molar-refractivity contribution in [2.45, 2.75) is 162 Å². The van der Waals surface area contributed by atoms with Crippen molar-refractivity contribution in [1.82, 2.24) is 0 Å². The molecule has 2 N–H and O–H groups in total. The first-order valence-electron chi connectivity index (χ1n) is 21.9. The van der Waals surface area contributed by atoms with Crippen molar-refractivity contribution < 1.29 is 56.7 Å². The number of esters is 2. The lowest BCUT2D eigenvalue weighted by Gasteiger charge is -2.28. The van der Waals surface area contributed by atoms with Gasteiger partial charge in [0.15, 0.2) is 6.10 Å². The number of furan rings is 1. The fourth-order valence-corrected chi connectivity index (χ4v) is 6.70. The van der Waals surface area contributed by atoms with Gasteiger partial charge in [0, 0.05) is 25.7 Å². The van der Waals surface area contributed by atoms with E-state index in [0.29, 0.717) is 36.7 Å². The summed E-state index contributed by atoms with van der Waals surface area (Å²) < 4.78 is 39.8. The van der Waals surface area contributed by atoms with Crippen molar-refractivity contribution >= 4 is 19.8 Å². The molecule has 0 saturated carbocycles. The summed E-state index contributed by atoms with van der Waals surface area (Å²) in [5.74, 6) is 1.09. The Hall–Kier alpha value is -2.83. The summed E-state index contributed by atoms with van der Waals surface area (Å²) in [6, 6.07) is 0. The smallest absolute Gasteiger partial charge is 0.306 e. The van der Waals surface area contributed by atoms with E-state index in [4.69, 9.17) is 22.9 Å². The Labute approximate surface area is 355 Å². The Morgan fingerprint density at radius 2 is 1.31 bits per heavy atom. The number of aliphatic hydroxyl groups excluding tert-OH is 2. The summed E-state index contributed by atoms with van der Waals surface area (Å²) >= 11 is 0. The lowest BCUT2D eigenvalue weighted by molar-refractivity contribution is -0.870. The highest BCUT2D eigenvalue weighted by atomic mass is 31.2. The molecule has 0 radical (unpaired) electrons. The number of unbranched alkanes of at least 4 members (excludes halogenated alkanes) is 7. The zero-order valence-corrected chi connectivity index (χ0v) is 38.3. The fourth-order valence-electron chi connectivity index (χ4n) is 5.97. The second-order valence-electron chi connectivity index (χ2n) is 16.3. The lowest BCUT2D eigenvalue weighted by atomic mass is 10.0. The van der Waals surface area contributed by atoms with Crippen LogP contribution in [0.4, 0.5) is 0 Å². The number of aliphatic hydroxyl groups is 2. The molecule has 0 fully saturated rings. The zero-order valence-electron chi connectivity index (χ0n) is 37.4. The number of phosphoric acid groups is 1. The van der Waals surface area contributed by atoms with Gasteiger partial charge in [0.2, 0.25) is 0 Å². The van der Waals surface area contributed by atoms with Crippen LogP contribution in [0.15, 0.2) is 53.0 Å². The van der Waals surface area contributed by atoms with E-state index in [0.717, 1.165) is 88.6 Å². The van der Waals surface area contributed by atoms with E-state index in [1.165, 1.54) is 11.1 Å². The second kappa shape index (κ2) is 32.0. The molecule has 0 aliphatic heterocycles. The van der Waals surface area contributed by atoms with Gasteiger partial charge in [-0.25, -0.2) is 0 Å². The van der Waals surface area contributed by atoms with Crippen LogP contribution in [0.25, 0.3) is 0 Å². The summed E-state index contributed by atoms with van der Waals surface area (Å²) in [5, 5.41) is 20.2. The monoisotopic (exact) mass is 852 g/mol. The molecule has 1 unspecified atom stereocenters. The quantitative estimate of drug-likeness (QED) is 0.0220. The van der Waals surface area contributed by atoms with Gasteiger partial charge in [-0.1, -0.05) is 107 Å². The molecule has 0 bridgehead atoms. The maximum Gasteiger partial charge on any atom is 0.306 e. The SMILES string of the molecule is CCCCC[C@H](O)/C=C/C=C\C/C=C\C=C\[C@H](O)CCCC(=O)OC[C@H](COP(=O)([O-])OCC[N+](C)(C)C)OC(=O)CCCCCCCCc1oc(CCC)c(C)c1C. The van der Waals surface area contributed by atoms with Gasteiger partial charge in [0.1, 0.15) is 31.3 Å². The van der Waals surface area contributed by atoms with Crippen molar-refractivity contribution in [3.05, 3.63) is 71.3 Å². The molecule has 1 aromatic rings. The van der Waals surface area contributed by atoms with E-state index in [1.807, 2.05) is 51.5 Å². The van der Waals surface area contributed by atoms with Gasteiger partial charge >= 0.3 is 11.9 Å². The molecular formula is C46H78NO11P. The lowest BCUT2D eigenvalue weighted by Crippen LogP contribution is -2.37. The van der Waals surface area contributed by atoms with Crippen LogP contribution < -0.4 is 4.89 Å². The normalized spacial score (nSPS) is 15.1. The molecule has 0 spiro atoms. The molecule has 1 aromatic heterocycles. The average molecular weight is 852 g/mol. The number of phosphoric ester groups is 1. The van der Waals surface area contributed by atoms with E-state index in [1.54, 1.807) is 18.2 Å². The number of nitrogens with zero attached hydrogens (tertiary/aromatic N) is 1. The van der Waals surface area contributed by atoms with Crippen LogP contribution in [-0.2, 0) is 45.5 Å². The van der Waals surface area contributed by atoms with Gasteiger partial charge in [0.25, 0.3) is 7.82 Å². The van der Waals surface area contributed by atoms with Gasteiger partial charge in [-0.2, -0.15) is 0 Å². The Kier molecular flexibility index (Phi) is 29.4. The van der Waals surface area contributed by atoms with Crippen LogP contribution in [0.3, 0.4) is 0 Å². The van der Waals surface area contributed by atoms with Crippen molar-refractivity contribution in [2.24, 2.45) is 0 Å². The summed E-state index contributed by atoms with van der Waals surface area (Å²) in [7, 11) is 1.00. The Balaban J connectivity index is 2.48. The number of rotatable bonds is 35. The highest BCUT2D eigenvalue weighted by Gasteiger charge is 2.22. The van der Waals surface area contributed by atoms with Gasteiger partial charge in [-0.05, 0) is 69.9 Å². The summed E-state index contributed by atoms with van der Waals surface area (Å²) in [5.41, 5.74) is 2.53. The molecule has 0 amide bonds. The van der Waals surface area contributed by atoms with Crippen LogP contribution in [-0.4, -0.2) is 92.5 Å². The molecule has 4 atom stereocenters. The number of allylic oxidation sites excluding steroid dienone is 6. The number of hydrogen-bond acceptors (Lipinski definition) is 11. The molecule has 338 valence electrons. The topological polar surface area (TPSA) is 165 Å². The predicted octanol–water partition coefficient (Wildman–Crippen LogP) is 8.87. The molecule has 0 aliphatic rings.